The predicted molar refractivity (Wildman–Crippen MR) is 77.9 cm³/mol. The van der Waals surface area contributed by atoms with Gasteiger partial charge >= 0.3 is 0 Å². The molecule has 0 heterocycles. The van der Waals surface area contributed by atoms with Crippen LogP contribution in [0.15, 0.2) is 36.9 Å². The number of nitrogens with one attached hydrogen (secondary N) is 1. The van der Waals surface area contributed by atoms with Gasteiger partial charge in [0.05, 0.1) is 0 Å². The zero-order valence-electron chi connectivity index (χ0n) is 11.8. The Bertz CT molecular complexity index is 371. The van der Waals surface area contributed by atoms with E-state index in [9.17, 15) is 0 Å². The van der Waals surface area contributed by atoms with Crippen molar-refractivity contribution in [2.45, 2.75) is 33.7 Å². The van der Waals surface area contributed by atoms with Crippen LogP contribution in [0.5, 0.6) is 5.75 Å². The van der Waals surface area contributed by atoms with Gasteiger partial charge in [0.2, 0.25) is 0 Å². The van der Waals surface area contributed by atoms with Crippen LogP contribution in [0.25, 0.3) is 0 Å². The highest BCUT2D eigenvalue weighted by molar-refractivity contribution is 5.33. The molecule has 0 aromatic heterocycles. The van der Waals surface area contributed by atoms with Gasteiger partial charge in [0.25, 0.3) is 0 Å². The molecule has 18 heavy (non-hydrogen) atoms. The molecule has 0 aliphatic rings. The number of para-hydroxylation sites is 1. The highest BCUT2D eigenvalue weighted by Gasteiger charge is 2.14. The van der Waals surface area contributed by atoms with Crippen LogP contribution in [0.2, 0.25) is 0 Å². The molecule has 0 radical (unpaired) electrons. The second-order valence-corrected chi connectivity index (χ2v) is 5.33. The van der Waals surface area contributed by atoms with Crippen LogP contribution >= 0.6 is 0 Å². The molecule has 1 aromatic rings. The van der Waals surface area contributed by atoms with E-state index in [1.807, 2.05) is 18.2 Å². The van der Waals surface area contributed by atoms with E-state index in [1.54, 1.807) is 6.08 Å². The Kier molecular flexibility index (Phi) is 5.93. The van der Waals surface area contributed by atoms with E-state index in [2.05, 4.69) is 38.7 Å². The molecule has 2 heteroatoms. The molecule has 1 N–H and O–H groups in total. The monoisotopic (exact) mass is 247 g/mol. The maximum atomic E-state index is 5.64. The molecule has 0 amide bonds. The van der Waals surface area contributed by atoms with Gasteiger partial charge in [0.15, 0.2) is 0 Å². The fourth-order valence-corrected chi connectivity index (χ4v) is 1.60. The Morgan fingerprint density at radius 3 is 2.72 bits per heavy atom. The van der Waals surface area contributed by atoms with Gasteiger partial charge in [-0.15, -0.1) is 0 Å². The van der Waals surface area contributed by atoms with Gasteiger partial charge in [0, 0.05) is 18.7 Å². The van der Waals surface area contributed by atoms with Crippen LogP contribution in [0.4, 0.5) is 0 Å². The van der Waals surface area contributed by atoms with Crippen molar-refractivity contribution in [3.63, 3.8) is 0 Å². The maximum Gasteiger partial charge on any atom is 0.124 e. The Hall–Kier alpha value is -1.28. The van der Waals surface area contributed by atoms with E-state index in [1.165, 1.54) is 12.0 Å². The Balaban J connectivity index is 2.53. The lowest BCUT2D eigenvalue weighted by Crippen LogP contribution is -2.28. The zero-order valence-corrected chi connectivity index (χ0v) is 11.8. The van der Waals surface area contributed by atoms with Gasteiger partial charge in [-0.3, -0.25) is 0 Å². The van der Waals surface area contributed by atoms with Crippen molar-refractivity contribution in [1.29, 1.82) is 0 Å². The van der Waals surface area contributed by atoms with Crippen molar-refractivity contribution in [1.82, 2.24) is 5.32 Å². The van der Waals surface area contributed by atoms with Crippen molar-refractivity contribution >= 4 is 0 Å². The minimum absolute atomic E-state index is 0.344. The fourth-order valence-electron chi connectivity index (χ4n) is 1.60. The molecule has 0 atom stereocenters. The average Bonchev–Trinajstić information content (AvgIpc) is 2.37. The van der Waals surface area contributed by atoms with E-state index < -0.39 is 0 Å². The Morgan fingerprint density at radius 1 is 1.33 bits per heavy atom. The first-order valence-electron chi connectivity index (χ1n) is 6.61. The number of hydrogen-bond acceptors (Lipinski definition) is 2. The summed E-state index contributed by atoms with van der Waals surface area (Å²) in [5, 5.41) is 3.50. The summed E-state index contributed by atoms with van der Waals surface area (Å²) in [6.07, 6.45) is 2.94. The molecule has 1 rings (SSSR count). The summed E-state index contributed by atoms with van der Waals surface area (Å²) in [7, 11) is 0. The van der Waals surface area contributed by atoms with E-state index in [4.69, 9.17) is 4.74 Å². The van der Waals surface area contributed by atoms with E-state index in [0.29, 0.717) is 12.0 Å². The fraction of sp³-hybridized carbons (Fsp3) is 0.500. The Morgan fingerprint density at radius 2 is 2.06 bits per heavy atom. The summed E-state index contributed by atoms with van der Waals surface area (Å²) in [6.45, 7) is 12.9. The summed E-state index contributed by atoms with van der Waals surface area (Å²) >= 11 is 0. The molecule has 0 fully saturated rings. The molecular formula is C16H25NO. The molecule has 0 aliphatic heterocycles. The molecule has 1 aromatic carbocycles. The number of rotatable bonds is 8. The molecule has 0 unspecified atom stereocenters. The topological polar surface area (TPSA) is 21.3 Å². The van der Waals surface area contributed by atoms with E-state index in [-0.39, 0.29) is 0 Å². The van der Waals surface area contributed by atoms with Crippen molar-refractivity contribution in [3.8, 4) is 5.75 Å². The molecule has 2 nitrogen and oxygen atoms in total. The zero-order chi connectivity index (χ0) is 13.4. The van der Waals surface area contributed by atoms with Crippen LogP contribution in [-0.4, -0.2) is 13.2 Å². The third-order valence-electron chi connectivity index (χ3n) is 3.21. The molecule has 0 bridgehead atoms. The third kappa shape index (κ3) is 4.92. The first-order chi connectivity index (χ1) is 8.59. The van der Waals surface area contributed by atoms with Crippen molar-refractivity contribution < 1.29 is 4.74 Å². The number of ether oxygens (including phenoxy) is 1. The third-order valence-corrected chi connectivity index (χ3v) is 3.21. The lowest BCUT2D eigenvalue weighted by Gasteiger charge is -2.23. The molecular weight excluding hydrogens is 222 g/mol. The summed E-state index contributed by atoms with van der Waals surface area (Å²) in [6, 6.07) is 8.15. The van der Waals surface area contributed by atoms with Crippen LogP contribution < -0.4 is 10.1 Å². The minimum atomic E-state index is 0.344. The maximum absolute atomic E-state index is 5.64. The second-order valence-electron chi connectivity index (χ2n) is 5.33. The SMILES string of the molecule is C=CCOc1ccccc1CNCC(C)(C)CC. The summed E-state index contributed by atoms with van der Waals surface area (Å²) in [5.41, 5.74) is 1.54. The van der Waals surface area contributed by atoms with Gasteiger partial charge in [0.1, 0.15) is 12.4 Å². The lowest BCUT2D eigenvalue weighted by atomic mass is 9.90. The lowest BCUT2D eigenvalue weighted by molar-refractivity contribution is 0.323. The largest absolute Gasteiger partial charge is 0.489 e. The normalized spacial score (nSPS) is 11.3. The molecule has 0 saturated carbocycles. The van der Waals surface area contributed by atoms with Crippen molar-refractivity contribution in [2.24, 2.45) is 5.41 Å². The van der Waals surface area contributed by atoms with E-state index in [0.717, 1.165) is 18.8 Å². The van der Waals surface area contributed by atoms with Gasteiger partial charge in [-0.2, -0.15) is 0 Å². The minimum Gasteiger partial charge on any atom is -0.489 e. The van der Waals surface area contributed by atoms with Crippen LogP contribution in [0, 0.1) is 5.41 Å². The number of benzene rings is 1. The smallest absolute Gasteiger partial charge is 0.124 e. The highest BCUT2D eigenvalue weighted by atomic mass is 16.5. The van der Waals surface area contributed by atoms with Gasteiger partial charge in [-0.05, 0) is 17.9 Å². The standard InChI is InChI=1S/C16H25NO/c1-5-11-18-15-10-8-7-9-14(15)12-17-13-16(3,4)6-2/h5,7-10,17H,1,6,11-13H2,2-4H3. The van der Waals surface area contributed by atoms with Gasteiger partial charge in [-0.1, -0.05) is 51.6 Å². The first kappa shape index (κ1) is 14.8. The average molecular weight is 247 g/mol. The highest BCUT2D eigenvalue weighted by Crippen LogP contribution is 2.20. The van der Waals surface area contributed by atoms with Crippen LogP contribution in [0.1, 0.15) is 32.8 Å². The molecule has 0 spiro atoms. The van der Waals surface area contributed by atoms with Crippen LogP contribution in [-0.2, 0) is 6.54 Å². The number of hydrogen-bond donors (Lipinski definition) is 1. The summed E-state index contributed by atoms with van der Waals surface area (Å²) in [4.78, 5) is 0. The predicted octanol–water partition coefficient (Wildman–Crippen LogP) is 3.78. The second kappa shape index (κ2) is 7.22. The van der Waals surface area contributed by atoms with Crippen LogP contribution in [0.3, 0.4) is 0 Å². The van der Waals surface area contributed by atoms with Crippen molar-refractivity contribution in [2.75, 3.05) is 13.2 Å². The van der Waals surface area contributed by atoms with Crippen molar-refractivity contribution in [3.05, 3.63) is 42.5 Å². The summed E-state index contributed by atoms with van der Waals surface area (Å²) in [5.74, 6) is 0.944. The molecule has 100 valence electrons. The summed E-state index contributed by atoms with van der Waals surface area (Å²) < 4.78 is 5.64. The van der Waals surface area contributed by atoms with E-state index >= 15 is 0 Å². The Labute approximate surface area is 111 Å². The quantitative estimate of drug-likeness (QED) is 0.706. The van der Waals surface area contributed by atoms with Gasteiger partial charge in [-0.25, -0.2) is 0 Å². The molecule has 0 aliphatic carbocycles. The van der Waals surface area contributed by atoms with Gasteiger partial charge < -0.3 is 10.1 Å². The molecule has 0 saturated heterocycles. The first-order valence-corrected chi connectivity index (χ1v) is 6.61.